The highest BCUT2D eigenvalue weighted by Crippen LogP contribution is 2.33. The van der Waals surface area contributed by atoms with Gasteiger partial charge in [-0.2, -0.15) is 0 Å². The highest BCUT2D eigenvalue weighted by atomic mass is 15.2. The molecule has 1 N–H and O–H groups in total. The molecule has 1 aromatic carbocycles. The molecule has 0 unspecified atom stereocenters. The summed E-state index contributed by atoms with van der Waals surface area (Å²) in [5.74, 6) is 1.50. The first kappa shape index (κ1) is 15.8. The molecule has 3 aliphatic heterocycles. The Morgan fingerprint density at radius 1 is 1.04 bits per heavy atom. The summed E-state index contributed by atoms with van der Waals surface area (Å²) < 4.78 is 2.14. The van der Waals surface area contributed by atoms with Crippen molar-refractivity contribution >= 4 is 16.9 Å². The molecule has 2 aromatic heterocycles. The Morgan fingerprint density at radius 3 is 2.54 bits per heavy atom. The molecule has 3 fully saturated rings. The summed E-state index contributed by atoms with van der Waals surface area (Å²) in [5.41, 5.74) is 3.46. The van der Waals surface area contributed by atoms with E-state index in [-0.39, 0.29) is 0 Å². The average molecular weight is 347 g/mol. The SMILES string of the molecule is C[C@@H]1[C@H](Nc2ncc(-c3ccc4c(ccn4C)c3)cn2)C2CCN1CC2. The van der Waals surface area contributed by atoms with Gasteiger partial charge in [-0.25, -0.2) is 9.97 Å². The van der Waals surface area contributed by atoms with Gasteiger partial charge < -0.3 is 9.88 Å². The molecular formula is C21H25N5. The van der Waals surface area contributed by atoms with Gasteiger partial charge in [-0.05, 0) is 62.5 Å². The van der Waals surface area contributed by atoms with Crippen LogP contribution in [-0.4, -0.2) is 44.6 Å². The van der Waals surface area contributed by atoms with Gasteiger partial charge in [-0.3, -0.25) is 4.90 Å². The van der Waals surface area contributed by atoms with Gasteiger partial charge >= 0.3 is 0 Å². The summed E-state index contributed by atoms with van der Waals surface area (Å²) in [4.78, 5) is 11.8. The van der Waals surface area contributed by atoms with E-state index in [1.54, 1.807) is 0 Å². The third kappa shape index (κ3) is 2.58. The number of rotatable bonds is 3. The van der Waals surface area contributed by atoms with Gasteiger partial charge in [-0.15, -0.1) is 0 Å². The molecule has 3 aromatic rings. The lowest BCUT2D eigenvalue weighted by Gasteiger charge is -2.49. The van der Waals surface area contributed by atoms with E-state index in [0.717, 1.165) is 23.0 Å². The molecule has 2 atom stereocenters. The molecule has 0 radical (unpaired) electrons. The van der Waals surface area contributed by atoms with Gasteiger partial charge in [0.1, 0.15) is 0 Å². The molecule has 5 nitrogen and oxygen atoms in total. The molecule has 0 saturated carbocycles. The van der Waals surface area contributed by atoms with E-state index in [9.17, 15) is 0 Å². The van der Waals surface area contributed by atoms with Gasteiger partial charge in [0.05, 0.1) is 0 Å². The van der Waals surface area contributed by atoms with E-state index >= 15 is 0 Å². The molecule has 6 rings (SSSR count). The molecule has 0 spiro atoms. The number of aromatic nitrogens is 3. The summed E-state index contributed by atoms with van der Waals surface area (Å²) in [6, 6.07) is 9.67. The monoisotopic (exact) mass is 347 g/mol. The van der Waals surface area contributed by atoms with Gasteiger partial charge in [0.2, 0.25) is 5.95 Å². The van der Waals surface area contributed by atoms with E-state index < -0.39 is 0 Å². The Kier molecular flexibility index (Phi) is 3.71. The van der Waals surface area contributed by atoms with Crippen LogP contribution in [0.4, 0.5) is 5.95 Å². The quantitative estimate of drug-likeness (QED) is 0.787. The summed E-state index contributed by atoms with van der Waals surface area (Å²) in [6.45, 7) is 4.81. The Hall–Kier alpha value is -2.40. The van der Waals surface area contributed by atoms with Crippen LogP contribution in [-0.2, 0) is 7.05 Å². The van der Waals surface area contributed by atoms with Crippen LogP contribution in [0, 0.1) is 5.92 Å². The number of hydrogen-bond donors (Lipinski definition) is 1. The van der Waals surface area contributed by atoms with Crippen molar-refractivity contribution in [2.45, 2.75) is 31.8 Å². The zero-order chi connectivity index (χ0) is 17.7. The van der Waals surface area contributed by atoms with Crippen LogP contribution >= 0.6 is 0 Å². The molecule has 3 aliphatic rings. The van der Waals surface area contributed by atoms with Crippen LogP contribution in [0.3, 0.4) is 0 Å². The van der Waals surface area contributed by atoms with E-state index in [1.165, 1.54) is 36.8 Å². The molecule has 3 saturated heterocycles. The van der Waals surface area contributed by atoms with E-state index in [2.05, 4.69) is 69.2 Å². The van der Waals surface area contributed by atoms with E-state index in [4.69, 9.17) is 0 Å². The highest BCUT2D eigenvalue weighted by Gasteiger charge is 2.39. The number of benzene rings is 1. The molecule has 5 heteroatoms. The Morgan fingerprint density at radius 2 is 1.81 bits per heavy atom. The maximum absolute atomic E-state index is 4.61. The second-order valence-electron chi connectivity index (χ2n) is 7.78. The van der Waals surface area contributed by atoms with Crippen LogP contribution < -0.4 is 5.32 Å². The van der Waals surface area contributed by atoms with Crippen molar-refractivity contribution in [2.75, 3.05) is 18.4 Å². The minimum absolute atomic E-state index is 0.462. The number of nitrogens with zero attached hydrogens (tertiary/aromatic N) is 4. The standard InChI is InChI=1S/C21H25N5/c1-14-20(15-6-9-26(14)10-7-15)24-21-22-12-18(13-23-21)16-3-4-19-17(11-16)5-8-25(19)2/h3-5,8,11-15,20H,6-7,9-10H2,1-2H3,(H,22,23,24)/t14-,20+/m1/s1. The summed E-state index contributed by atoms with van der Waals surface area (Å²) in [5, 5.41) is 4.85. The molecule has 5 heterocycles. The van der Waals surface area contributed by atoms with Crippen LogP contribution in [0.2, 0.25) is 0 Å². The lowest BCUT2D eigenvalue weighted by Crippen LogP contribution is -2.59. The molecule has 2 bridgehead atoms. The minimum Gasteiger partial charge on any atom is -0.351 e. The number of anilines is 1. The summed E-state index contributed by atoms with van der Waals surface area (Å²) in [7, 11) is 2.07. The van der Waals surface area contributed by atoms with Gasteiger partial charge in [-0.1, -0.05) is 6.07 Å². The lowest BCUT2D eigenvalue weighted by molar-refractivity contribution is 0.0455. The fraction of sp³-hybridized carbons (Fsp3) is 0.429. The average Bonchev–Trinajstić information content (AvgIpc) is 3.06. The number of nitrogens with one attached hydrogen (secondary N) is 1. The van der Waals surface area contributed by atoms with Crippen molar-refractivity contribution in [1.29, 1.82) is 0 Å². The lowest BCUT2D eigenvalue weighted by atomic mass is 9.79. The van der Waals surface area contributed by atoms with Crippen LogP contribution in [0.25, 0.3) is 22.0 Å². The van der Waals surface area contributed by atoms with E-state index in [0.29, 0.717) is 12.1 Å². The molecule has 0 amide bonds. The molecular weight excluding hydrogens is 322 g/mol. The maximum Gasteiger partial charge on any atom is 0.222 e. The molecule has 26 heavy (non-hydrogen) atoms. The summed E-state index contributed by atoms with van der Waals surface area (Å²) in [6.07, 6.45) is 8.54. The third-order valence-corrected chi connectivity index (χ3v) is 6.34. The second-order valence-corrected chi connectivity index (χ2v) is 7.78. The van der Waals surface area contributed by atoms with Gasteiger partial charge in [0.25, 0.3) is 0 Å². The van der Waals surface area contributed by atoms with Crippen molar-refractivity contribution in [1.82, 2.24) is 19.4 Å². The van der Waals surface area contributed by atoms with Crippen LogP contribution in [0.15, 0.2) is 42.9 Å². The number of fused-ring (bicyclic) bond motifs is 4. The normalized spacial score (nSPS) is 27.8. The Labute approximate surface area is 154 Å². The number of aryl methyl sites for hydroxylation is 1. The van der Waals surface area contributed by atoms with Crippen molar-refractivity contribution in [3.63, 3.8) is 0 Å². The second kappa shape index (κ2) is 6.09. The Balaban J connectivity index is 1.36. The summed E-state index contributed by atoms with van der Waals surface area (Å²) >= 11 is 0. The van der Waals surface area contributed by atoms with Crippen molar-refractivity contribution in [2.24, 2.45) is 13.0 Å². The first-order valence-electron chi connectivity index (χ1n) is 9.57. The predicted molar refractivity (Wildman–Crippen MR) is 105 cm³/mol. The van der Waals surface area contributed by atoms with Crippen LogP contribution in [0.5, 0.6) is 0 Å². The van der Waals surface area contributed by atoms with Crippen molar-refractivity contribution in [3.05, 3.63) is 42.9 Å². The molecule has 134 valence electrons. The van der Waals surface area contributed by atoms with Crippen molar-refractivity contribution < 1.29 is 0 Å². The van der Waals surface area contributed by atoms with Gasteiger partial charge in [0, 0.05) is 54.2 Å². The zero-order valence-electron chi connectivity index (χ0n) is 15.4. The Bertz CT molecular complexity index is 919. The zero-order valence-corrected chi connectivity index (χ0v) is 15.4. The van der Waals surface area contributed by atoms with E-state index in [1.807, 2.05) is 12.4 Å². The number of piperidine rings is 3. The van der Waals surface area contributed by atoms with Gasteiger partial charge in [0.15, 0.2) is 0 Å². The highest BCUT2D eigenvalue weighted by molar-refractivity contribution is 5.85. The fourth-order valence-corrected chi connectivity index (χ4v) is 4.71. The topological polar surface area (TPSA) is 46.0 Å². The largest absolute Gasteiger partial charge is 0.351 e. The smallest absolute Gasteiger partial charge is 0.222 e. The van der Waals surface area contributed by atoms with Crippen LogP contribution in [0.1, 0.15) is 19.8 Å². The maximum atomic E-state index is 4.61. The first-order chi connectivity index (χ1) is 12.7. The third-order valence-electron chi connectivity index (χ3n) is 6.34. The molecule has 0 aliphatic carbocycles. The predicted octanol–water partition coefficient (Wildman–Crippen LogP) is 3.53. The first-order valence-corrected chi connectivity index (χ1v) is 9.57. The fourth-order valence-electron chi connectivity index (χ4n) is 4.71. The minimum atomic E-state index is 0.462. The number of hydrogen-bond acceptors (Lipinski definition) is 4. The van der Waals surface area contributed by atoms with Crippen molar-refractivity contribution in [3.8, 4) is 11.1 Å².